The molecule has 0 aliphatic carbocycles. The van der Waals surface area contributed by atoms with E-state index in [0.717, 1.165) is 63.3 Å². The van der Waals surface area contributed by atoms with Crippen LogP contribution in [-0.2, 0) is 17.8 Å². The first-order chi connectivity index (χ1) is 13.3. The van der Waals surface area contributed by atoms with Crippen molar-refractivity contribution < 1.29 is 9.53 Å². The maximum atomic E-state index is 13.2. The lowest BCUT2D eigenvalue weighted by molar-refractivity contribution is -0.135. The molecule has 2 aliphatic rings. The molecule has 1 unspecified atom stereocenters. The highest BCUT2D eigenvalue weighted by Crippen LogP contribution is 2.28. The second kappa shape index (κ2) is 8.53. The molecule has 1 atom stereocenters. The van der Waals surface area contributed by atoms with E-state index < -0.39 is 0 Å². The summed E-state index contributed by atoms with van der Waals surface area (Å²) in [5.41, 5.74) is 2.43. The van der Waals surface area contributed by atoms with Crippen molar-refractivity contribution in [1.82, 2.24) is 14.8 Å². The second-order valence-electron chi connectivity index (χ2n) is 7.46. The van der Waals surface area contributed by atoms with Crippen LogP contribution in [0.25, 0.3) is 0 Å². The van der Waals surface area contributed by atoms with Gasteiger partial charge in [-0.05, 0) is 48.6 Å². The van der Waals surface area contributed by atoms with E-state index in [1.54, 1.807) is 0 Å². The number of hydrogen-bond acceptors (Lipinski definition) is 4. The molecule has 27 heavy (non-hydrogen) atoms. The summed E-state index contributed by atoms with van der Waals surface area (Å²) in [4.78, 5) is 21.8. The van der Waals surface area contributed by atoms with Crippen LogP contribution >= 0.6 is 0 Å². The van der Waals surface area contributed by atoms with Crippen LogP contribution in [0.2, 0.25) is 0 Å². The predicted molar refractivity (Wildman–Crippen MR) is 104 cm³/mol. The lowest BCUT2D eigenvalue weighted by Gasteiger charge is -2.25. The van der Waals surface area contributed by atoms with Gasteiger partial charge in [0.05, 0.1) is 6.61 Å². The number of carbonyl (C=O) groups is 1. The van der Waals surface area contributed by atoms with Gasteiger partial charge in [0.1, 0.15) is 5.75 Å². The normalized spacial score (nSPS) is 20.9. The van der Waals surface area contributed by atoms with Gasteiger partial charge in [-0.2, -0.15) is 0 Å². The van der Waals surface area contributed by atoms with Gasteiger partial charge in [-0.1, -0.05) is 18.2 Å². The van der Waals surface area contributed by atoms with E-state index in [4.69, 9.17) is 4.74 Å². The quantitative estimate of drug-likeness (QED) is 0.839. The summed E-state index contributed by atoms with van der Waals surface area (Å²) in [7, 11) is 0. The molecule has 1 amide bonds. The smallest absolute Gasteiger partial charge is 0.226 e. The van der Waals surface area contributed by atoms with Crippen LogP contribution in [0.4, 0.5) is 0 Å². The summed E-state index contributed by atoms with van der Waals surface area (Å²) in [6.07, 6.45) is 6.29. The van der Waals surface area contributed by atoms with Crippen molar-refractivity contribution >= 4 is 5.91 Å². The molecule has 5 nitrogen and oxygen atoms in total. The van der Waals surface area contributed by atoms with Crippen molar-refractivity contribution in [2.45, 2.75) is 25.8 Å². The van der Waals surface area contributed by atoms with Crippen LogP contribution in [0.5, 0.6) is 5.75 Å². The number of amides is 1. The van der Waals surface area contributed by atoms with E-state index >= 15 is 0 Å². The SMILES string of the molecule is O=C(C1CCOc2ccccc2C1)N1CCCN(Cc2ccncc2)CC1. The zero-order chi connectivity index (χ0) is 18.5. The number of benzene rings is 1. The van der Waals surface area contributed by atoms with E-state index in [-0.39, 0.29) is 5.92 Å². The Morgan fingerprint density at radius 1 is 1.07 bits per heavy atom. The van der Waals surface area contributed by atoms with Gasteiger partial charge in [0, 0.05) is 51.0 Å². The highest BCUT2D eigenvalue weighted by atomic mass is 16.5. The first kappa shape index (κ1) is 18.0. The van der Waals surface area contributed by atoms with Gasteiger partial charge in [0.25, 0.3) is 0 Å². The second-order valence-corrected chi connectivity index (χ2v) is 7.46. The molecule has 1 aromatic carbocycles. The number of hydrogen-bond donors (Lipinski definition) is 0. The number of pyridine rings is 1. The summed E-state index contributed by atoms with van der Waals surface area (Å²) in [6, 6.07) is 12.2. The van der Waals surface area contributed by atoms with E-state index in [1.807, 2.05) is 30.6 Å². The molecule has 0 bridgehead atoms. The molecule has 0 saturated carbocycles. The summed E-state index contributed by atoms with van der Waals surface area (Å²) in [5.74, 6) is 1.26. The number of aromatic nitrogens is 1. The number of rotatable bonds is 3. The van der Waals surface area contributed by atoms with Gasteiger partial charge < -0.3 is 9.64 Å². The Morgan fingerprint density at radius 2 is 1.93 bits per heavy atom. The van der Waals surface area contributed by atoms with Crippen LogP contribution in [0.3, 0.4) is 0 Å². The highest BCUT2D eigenvalue weighted by Gasteiger charge is 2.28. The fraction of sp³-hybridized carbons (Fsp3) is 0.455. The van der Waals surface area contributed by atoms with Crippen molar-refractivity contribution in [2.24, 2.45) is 5.92 Å². The van der Waals surface area contributed by atoms with E-state index in [0.29, 0.717) is 12.5 Å². The maximum Gasteiger partial charge on any atom is 0.226 e. The lowest BCUT2D eigenvalue weighted by atomic mass is 9.95. The Hall–Kier alpha value is -2.40. The Balaban J connectivity index is 1.37. The zero-order valence-electron chi connectivity index (χ0n) is 15.7. The van der Waals surface area contributed by atoms with Gasteiger partial charge in [-0.25, -0.2) is 0 Å². The first-order valence-corrected chi connectivity index (χ1v) is 9.90. The molecule has 1 aromatic heterocycles. The molecule has 4 rings (SSSR count). The van der Waals surface area contributed by atoms with Crippen LogP contribution in [-0.4, -0.2) is 53.5 Å². The Kier molecular flexibility index (Phi) is 5.68. The standard InChI is InChI=1S/C22H27N3O2/c26-22(20-8-15-27-21-5-2-1-4-19(21)16-20)25-12-3-11-24(13-14-25)17-18-6-9-23-10-7-18/h1-2,4-7,9-10,20H,3,8,11-17H2. The average molecular weight is 365 g/mol. The van der Waals surface area contributed by atoms with Crippen LogP contribution in [0, 0.1) is 5.92 Å². The van der Waals surface area contributed by atoms with Crippen LogP contribution in [0.15, 0.2) is 48.8 Å². The topological polar surface area (TPSA) is 45.7 Å². The number of fused-ring (bicyclic) bond motifs is 1. The van der Waals surface area contributed by atoms with E-state index in [2.05, 4.69) is 33.0 Å². The monoisotopic (exact) mass is 365 g/mol. The minimum atomic E-state index is 0.0281. The van der Waals surface area contributed by atoms with Gasteiger partial charge in [0.15, 0.2) is 0 Å². The zero-order valence-corrected chi connectivity index (χ0v) is 15.7. The highest BCUT2D eigenvalue weighted by molar-refractivity contribution is 5.79. The molecular weight excluding hydrogens is 338 g/mol. The summed E-state index contributed by atoms with van der Waals surface area (Å²) in [6.45, 7) is 5.16. The number of para-hydroxylation sites is 1. The molecular formula is C22H27N3O2. The Labute approximate surface area is 161 Å². The molecule has 0 radical (unpaired) electrons. The number of nitrogens with zero attached hydrogens (tertiary/aromatic N) is 3. The van der Waals surface area contributed by atoms with Gasteiger partial charge in [-0.3, -0.25) is 14.7 Å². The van der Waals surface area contributed by atoms with Crippen molar-refractivity contribution in [3.05, 3.63) is 59.9 Å². The molecule has 0 spiro atoms. The predicted octanol–water partition coefficient (Wildman–Crippen LogP) is 2.76. The van der Waals surface area contributed by atoms with Gasteiger partial charge in [-0.15, -0.1) is 0 Å². The average Bonchev–Trinajstić information content (AvgIpc) is 3.07. The van der Waals surface area contributed by atoms with Crippen molar-refractivity contribution in [3.63, 3.8) is 0 Å². The largest absolute Gasteiger partial charge is 0.493 e. The fourth-order valence-electron chi connectivity index (χ4n) is 4.06. The minimum absolute atomic E-state index is 0.0281. The number of carbonyl (C=O) groups excluding carboxylic acids is 1. The molecule has 142 valence electrons. The third-order valence-corrected chi connectivity index (χ3v) is 5.57. The summed E-state index contributed by atoms with van der Waals surface area (Å²) < 4.78 is 5.84. The van der Waals surface area contributed by atoms with E-state index in [1.165, 1.54) is 5.56 Å². The van der Waals surface area contributed by atoms with Crippen LogP contribution in [0.1, 0.15) is 24.0 Å². The Morgan fingerprint density at radius 3 is 2.81 bits per heavy atom. The first-order valence-electron chi connectivity index (χ1n) is 9.90. The molecule has 2 aliphatic heterocycles. The van der Waals surface area contributed by atoms with Gasteiger partial charge >= 0.3 is 0 Å². The third-order valence-electron chi connectivity index (χ3n) is 5.57. The van der Waals surface area contributed by atoms with Gasteiger partial charge in [0.2, 0.25) is 5.91 Å². The molecule has 1 fully saturated rings. The summed E-state index contributed by atoms with van der Waals surface area (Å²) >= 11 is 0. The Bertz CT molecular complexity index is 765. The minimum Gasteiger partial charge on any atom is -0.493 e. The van der Waals surface area contributed by atoms with Crippen molar-refractivity contribution in [2.75, 3.05) is 32.8 Å². The van der Waals surface area contributed by atoms with Crippen molar-refractivity contribution in [1.29, 1.82) is 0 Å². The molecule has 1 saturated heterocycles. The van der Waals surface area contributed by atoms with Crippen LogP contribution < -0.4 is 4.74 Å². The lowest BCUT2D eigenvalue weighted by Crippen LogP contribution is -2.39. The fourth-order valence-corrected chi connectivity index (χ4v) is 4.06. The molecule has 0 N–H and O–H groups in total. The van der Waals surface area contributed by atoms with E-state index in [9.17, 15) is 4.79 Å². The maximum absolute atomic E-state index is 13.2. The summed E-state index contributed by atoms with van der Waals surface area (Å²) in [5, 5.41) is 0. The molecule has 2 aromatic rings. The van der Waals surface area contributed by atoms with Crippen molar-refractivity contribution in [3.8, 4) is 5.75 Å². The third kappa shape index (κ3) is 4.48. The molecule has 5 heteroatoms. The number of ether oxygens (including phenoxy) is 1. The molecule has 3 heterocycles.